The molecule has 180 valence electrons. The van der Waals surface area contributed by atoms with Crippen molar-refractivity contribution in [2.24, 2.45) is 5.92 Å². The number of ether oxygens (including phenoxy) is 2. The van der Waals surface area contributed by atoms with Gasteiger partial charge in [0.1, 0.15) is 13.2 Å². The van der Waals surface area contributed by atoms with E-state index >= 15 is 0 Å². The quantitative estimate of drug-likeness (QED) is 0.698. The Hall–Kier alpha value is -3.11. The average Bonchev–Trinajstić information content (AvgIpc) is 3.26. The summed E-state index contributed by atoms with van der Waals surface area (Å²) in [6, 6.07) is 11.6. The zero-order chi connectivity index (χ0) is 23.7. The van der Waals surface area contributed by atoms with Crippen molar-refractivity contribution in [3.05, 3.63) is 42.5 Å². The summed E-state index contributed by atoms with van der Waals surface area (Å²) < 4.78 is 38.6. The van der Waals surface area contributed by atoms with Gasteiger partial charge in [0.15, 0.2) is 11.5 Å². The van der Waals surface area contributed by atoms with E-state index in [0.29, 0.717) is 49.2 Å². The monoisotopic (exact) mass is 485 g/mol. The van der Waals surface area contributed by atoms with Crippen LogP contribution in [-0.4, -0.2) is 57.4 Å². The molecule has 0 saturated carbocycles. The Morgan fingerprint density at radius 2 is 1.74 bits per heavy atom. The lowest BCUT2D eigenvalue weighted by Gasteiger charge is -2.26. The molecule has 0 radical (unpaired) electrons. The summed E-state index contributed by atoms with van der Waals surface area (Å²) in [5.74, 6) is 0.189. The first-order chi connectivity index (χ1) is 16.4. The molecule has 2 saturated heterocycles. The number of amides is 2. The summed E-state index contributed by atoms with van der Waals surface area (Å²) in [6.45, 7) is 2.19. The van der Waals surface area contributed by atoms with Gasteiger partial charge in [0, 0.05) is 43.5 Å². The lowest BCUT2D eigenvalue weighted by atomic mass is 10.1. The summed E-state index contributed by atoms with van der Waals surface area (Å²) in [5, 5.41) is 2.80. The normalized spacial score (nSPS) is 20.9. The molecule has 2 aromatic carbocycles. The van der Waals surface area contributed by atoms with Gasteiger partial charge in [-0.05, 0) is 43.2 Å². The van der Waals surface area contributed by atoms with E-state index in [9.17, 15) is 18.0 Å². The van der Waals surface area contributed by atoms with Crippen molar-refractivity contribution in [3.63, 3.8) is 0 Å². The number of sulfonamides is 1. The fourth-order valence-corrected chi connectivity index (χ4v) is 6.13. The van der Waals surface area contributed by atoms with Crippen LogP contribution >= 0.6 is 0 Å². The van der Waals surface area contributed by atoms with Gasteiger partial charge in [-0.15, -0.1) is 0 Å². The molecule has 0 aliphatic carbocycles. The van der Waals surface area contributed by atoms with Crippen molar-refractivity contribution in [2.75, 3.05) is 43.1 Å². The second-order valence-corrected chi connectivity index (χ2v) is 10.7. The molecule has 0 unspecified atom stereocenters. The van der Waals surface area contributed by atoms with Crippen molar-refractivity contribution in [1.82, 2.24) is 4.31 Å². The Kier molecular flexibility index (Phi) is 6.18. The number of benzene rings is 2. The minimum absolute atomic E-state index is 0.0754. The molecule has 0 aromatic heterocycles. The van der Waals surface area contributed by atoms with Crippen molar-refractivity contribution >= 4 is 33.2 Å². The molecule has 1 N–H and O–H groups in total. The highest BCUT2D eigenvalue weighted by atomic mass is 32.2. The summed E-state index contributed by atoms with van der Waals surface area (Å²) in [7, 11) is -3.60. The van der Waals surface area contributed by atoms with Crippen LogP contribution in [-0.2, 0) is 19.6 Å². The van der Waals surface area contributed by atoms with Gasteiger partial charge in [-0.1, -0.05) is 12.5 Å². The Labute approximate surface area is 198 Å². The maximum atomic E-state index is 13.0. The summed E-state index contributed by atoms with van der Waals surface area (Å²) >= 11 is 0. The van der Waals surface area contributed by atoms with E-state index in [1.54, 1.807) is 41.3 Å². The molecule has 5 rings (SSSR count). The second-order valence-electron chi connectivity index (χ2n) is 8.72. The Morgan fingerprint density at radius 1 is 0.971 bits per heavy atom. The number of carbonyl (C=O) groups excluding carboxylic acids is 2. The number of fused-ring (bicyclic) bond motifs is 1. The topological polar surface area (TPSA) is 105 Å². The summed E-state index contributed by atoms with van der Waals surface area (Å²) in [5.41, 5.74) is 1.05. The van der Waals surface area contributed by atoms with E-state index in [-0.39, 0.29) is 29.7 Å². The number of anilines is 2. The molecule has 1 atom stereocenters. The zero-order valence-electron chi connectivity index (χ0n) is 18.7. The maximum absolute atomic E-state index is 13.0. The predicted octanol–water partition coefficient (Wildman–Crippen LogP) is 2.62. The number of hydrogen-bond donors (Lipinski definition) is 1. The molecule has 2 aromatic rings. The van der Waals surface area contributed by atoms with Crippen molar-refractivity contribution in [3.8, 4) is 11.5 Å². The van der Waals surface area contributed by atoms with Gasteiger partial charge < -0.3 is 19.7 Å². The van der Waals surface area contributed by atoms with E-state index in [2.05, 4.69) is 5.32 Å². The first kappa shape index (κ1) is 22.7. The van der Waals surface area contributed by atoms with E-state index in [1.165, 1.54) is 10.4 Å². The number of hydrogen-bond acceptors (Lipinski definition) is 6. The SMILES string of the molecule is O=C(Nc1cccc(S(=O)(=O)N2CCCCC2)c1)[C@H]1CC(=O)N(c2ccc3c(c2)OCCO3)C1. The standard InChI is InChI=1S/C24H27N3O6S/c28-23-13-17(16-27(23)19-7-8-21-22(15-19)33-12-11-32-21)24(29)25-18-5-4-6-20(14-18)34(30,31)26-9-2-1-3-10-26/h4-8,14-15,17H,1-3,9-13,16H2,(H,25,29)/t17-/m0/s1. The number of rotatable bonds is 5. The molecule has 3 aliphatic rings. The molecular weight excluding hydrogens is 458 g/mol. The Morgan fingerprint density at radius 3 is 2.53 bits per heavy atom. The zero-order valence-corrected chi connectivity index (χ0v) is 19.6. The fourth-order valence-electron chi connectivity index (χ4n) is 4.57. The highest BCUT2D eigenvalue weighted by Crippen LogP contribution is 2.36. The van der Waals surface area contributed by atoms with Gasteiger partial charge in [-0.3, -0.25) is 9.59 Å². The molecule has 10 heteroatoms. The van der Waals surface area contributed by atoms with E-state index in [0.717, 1.165) is 19.3 Å². The van der Waals surface area contributed by atoms with Crippen molar-refractivity contribution in [2.45, 2.75) is 30.6 Å². The van der Waals surface area contributed by atoms with Gasteiger partial charge >= 0.3 is 0 Å². The number of piperidine rings is 1. The van der Waals surface area contributed by atoms with Gasteiger partial charge in [0.25, 0.3) is 0 Å². The molecule has 2 fully saturated rings. The Balaban J connectivity index is 1.27. The third-order valence-electron chi connectivity index (χ3n) is 6.39. The highest BCUT2D eigenvalue weighted by Gasteiger charge is 2.36. The predicted molar refractivity (Wildman–Crippen MR) is 126 cm³/mol. The maximum Gasteiger partial charge on any atom is 0.243 e. The third-order valence-corrected chi connectivity index (χ3v) is 8.28. The smallest absolute Gasteiger partial charge is 0.243 e. The number of carbonyl (C=O) groups is 2. The summed E-state index contributed by atoms with van der Waals surface area (Å²) in [4.78, 5) is 27.3. The first-order valence-electron chi connectivity index (χ1n) is 11.5. The molecule has 34 heavy (non-hydrogen) atoms. The Bertz CT molecular complexity index is 1210. The van der Waals surface area contributed by atoms with Crippen molar-refractivity contribution in [1.29, 1.82) is 0 Å². The van der Waals surface area contributed by atoms with Crippen LogP contribution in [0.5, 0.6) is 11.5 Å². The fraction of sp³-hybridized carbons (Fsp3) is 0.417. The summed E-state index contributed by atoms with van der Waals surface area (Å²) in [6.07, 6.45) is 2.81. The van der Waals surface area contributed by atoms with Crippen LogP contribution in [0.4, 0.5) is 11.4 Å². The second kappa shape index (κ2) is 9.27. The van der Waals surface area contributed by atoms with E-state index in [4.69, 9.17) is 9.47 Å². The van der Waals surface area contributed by atoms with E-state index < -0.39 is 15.9 Å². The molecular formula is C24H27N3O6S. The molecule has 3 aliphatic heterocycles. The molecule has 9 nitrogen and oxygen atoms in total. The molecule has 3 heterocycles. The van der Waals surface area contributed by atoms with Crippen LogP contribution < -0.4 is 19.7 Å². The minimum atomic E-state index is -3.60. The van der Waals surface area contributed by atoms with Crippen LogP contribution in [0.3, 0.4) is 0 Å². The number of nitrogens with zero attached hydrogens (tertiary/aromatic N) is 2. The molecule has 0 bridgehead atoms. The van der Waals surface area contributed by atoms with Gasteiger partial charge in [0.05, 0.1) is 10.8 Å². The average molecular weight is 486 g/mol. The highest BCUT2D eigenvalue weighted by molar-refractivity contribution is 7.89. The van der Waals surface area contributed by atoms with Crippen LogP contribution in [0, 0.1) is 5.92 Å². The van der Waals surface area contributed by atoms with Crippen LogP contribution in [0.15, 0.2) is 47.4 Å². The van der Waals surface area contributed by atoms with Gasteiger partial charge in [-0.25, -0.2) is 8.42 Å². The van der Waals surface area contributed by atoms with Crippen LogP contribution in [0.2, 0.25) is 0 Å². The third kappa shape index (κ3) is 4.47. The largest absolute Gasteiger partial charge is 0.486 e. The van der Waals surface area contributed by atoms with Crippen LogP contribution in [0.1, 0.15) is 25.7 Å². The first-order valence-corrected chi connectivity index (χ1v) is 13.0. The van der Waals surface area contributed by atoms with Crippen molar-refractivity contribution < 1.29 is 27.5 Å². The minimum Gasteiger partial charge on any atom is -0.486 e. The lowest BCUT2D eigenvalue weighted by molar-refractivity contribution is -0.122. The van der Waals surface area contributed by atoms with Crippen LogP contribution in [0.25, 0.3) is 0 Å². The van der Waals surface area contributed by atoms with E-state index in [1.807, 2.05) is 0 Å². The lowest BCUT2D eigenvalue weighted by Crippen LogP contribution is -2.35. The number of nitrogens with one attached hydrogen (secondary N) is 1. The molecule has 0 spiro atoms. The van der Waals surface area contributed by atoms with Gasteiger partial charge in [-0.2, -0.15) is 4.31 Å². The van der Waals surface area contributed by atoms with Gasteiger partial charge in [0.2, 0.25) is 21.8 Å². The molecule has 2 amide bonds.